The van der Waals surface area contributed by atoms with Crippen LogP contribution in [0.15, 0.2) is 67.0 Å². The number of aromatic nitrogens is 6. The van der Waals surface area contributed by atoms with Crippen molar-refractivity contribution in [3.05, 3.63) is 78.1 Å². The Morgan fingerprint density at radius 1 is 0.978 bits per heavy atom. The van der Waals surface area contributed by atoms with Gasteiger partial charge in [-0.25, -0.2) is 19.7 Å². The third-order valence-corrected chi connectivity index (χ3v) is 7.83. The molecule has 1 unspecified atom stereocenters. The first-order valence-corrected chi connectivity index (χ1v) is 15.2. The van der Waals surface area contributed by atoms with E-state index in [1.807, 2.05) is 55.5 Å². The molecule has 2 aromatic heterocycles. The number of esters is 1. The van der Waals surface area contributed by atoms with E-state index in [-0.39, 0.29) is 19.1 Å². The summed E-state index contributed by atoms with van der Waals surface area (Å²) in [7, 11) is 0. The summed E-state index contributed by atoms with van der Waals surface area (Å²) in [6.45, 7) is 2.30. The minimum Gasteiger partial charge on any atom is -0.493 e. The normalized spacial score (nSPS) is 14.2. The van der Waals surface area contributed by atoms with Crippen LogP contribution < -0.4 is 4.74 Å². The first kappa shape index (κ1) is 29.8. The number of benzene rings is 3. The SMILES string of the molecule is CCOc1cc(C(CCOC(=O)OC2CCCCC2)OC(=O)c2cccc3nc[nH]c23)ccc1-c1ccccc1-c1nnn[nH]1. The standard InChI is InChI=1S/C33H34N6O6/c1-2-42-29-19-21(15-16-24(29)23-11-6-7-12-25(23)31-36-38-39-37-31)28(17-18-43-33(41)44-22-9-4-3-5-10-22)45-32(40)26-13-8-14-27-30(26)35-20-34-27/h6-8,11-16,19-20,22,28H,2-5,9-10,17-18H2,1H3,(H,34,35)(H,36,37,38,39). The Hall–Kier alpha value is -5.26. The van der Waals surface area contributed by atoms with Crippen molar-refractivity contribution in [1.82, 2.24) is 30.6 Å². The summed E-state index contributed by atoms with van der Waals surface area (Å²) in [5, 5.41) is 14.3. The molecule has 12 heteroatoms. The Kier molecular flexibility index (Phi) is 9.28. The number of aromatic amines is 2. The first-order chi connectivity index (χ1) is 22.1. The molecule has 0 aliphatic heterocycles. The van der Waals surface area contributed by atoms with Gasteiger partial charge in [0.1, 0.15) is 18.0 Å². The molecule has 1 aliphatic carbocycles. The quantitative estimate of drug-likeness (QED) is 0.157. The van der Waals surface area contributed by atoms with Crippen LogP contribution in [0.25, 0.3) is 33.5 Å². The Labute approximate surface area is 259 Å². The zero-order valence-corrected chi connectivity index (χ0v) is 24.9. The molecule has 1 aliphatic rings. The zero-order valence-electron chi connectivity index (χ0n) is 24.9. The molecular weight excluding hydrogens is 576 g/mol. The lowest BCUT2D eigenvalue weighted by molar-refractivity contribution is -0.00146. The molecule has 0 bridgehead atoms. The number of para-hydroxylation sites is 1. The lowest BCUT2D eigenvalue weighted by atomic mass is 9.95. The van der Waals surface area contributed by atoms with E-state index >= 15 is 0 Å². The van der Waals surface area contributed by atoms with Crippen LogP contribution in [-0.2, 0) is 14.2 Å². The molecule has 5 aromatic rings. The van der Waals surface area contributed by atoms with Crippen molar-refractivity contribution in [3.63, 3.8) is 0 Å². The molecule has 2 heterocycles. The van der Waals surface area contributed by atoms with Crippen LogP contribution in [0.5, 0.6) is 5.75 Å². The van der Waals surface area contributed by atoms with Gasteiger partial charge in [-0.15, -0.1) is 5.10 Å². The van der Waals surface area contributed by atoms with Gasteiger partial charge in [0, 0.05) is 17.5 Å². The Morgan fingerprint density at radius 2 is 1.82 bits per heavy atom. The van der Waals surface area contributed by atoms with Crippen LogP contribution in [0.3, 0.4) is 0 Å². The van der Waals surface area contributed by atoms with Gasteiger partial charge in [0.15, 0.2) is 5.82 Å². The first-order valence-electron chi connectivity index (χ1n) is 15.2. The van der Waals surface area contributed by atoms with Gasteiger partial charge in [-0.1, -0.05) is 48.9 Å². The van der Waals surface area contributed by atoms with Crippen molar-refractivity contribution in [3.8, 4) is 28.3 Å². The van der Waals surface area contributed by atoms with Crippen LogP contribution in [0.2, 0.25) is 0 Å². The maximum absolute atomic E-state index is 13.5. The third kappa shape index (κ3) is 6.95. The van der Waals surface area contributed by atoms with Crippen LogP contribution in [0, 0.1) is 0 Å². The molecule has 6 rings (SSSR count). The second-order valence-corrected chi connectivity index (χ2v) is 10.7. The molecule has 1 fully saturated rings. The van der Waals surface area contributed by atoms with E-state index < -0.39 is 18.2 Å². The van der Waals surface area contributed by atoms with Gasteiger partial charge < -0.3 is 23.9 Å². The number of carbonyl (C=O) groups is 2. The fourth-order valence-corrected chi connectivity index (χ4v) is 5.66. The molecule has 12 nitrogen and oxygen atoms in total. The molecule has 232 valence electrons. The summed E-state index contributed by atoms with van der Waals surface area (Å²) in [5.74, 6) is 0.572. The van der Waals surface area contributed by atoms with E-state index in [1.165, 1.54) is 6.33 Å². The second kappa shape index (κ2) is 14.0. The fraction of sp³-hybridized carbons (Fsp3) is 0.333. The minimum absolute atomic E-state index is 0.00912. The number of nitrogens with zero attached hydrogens (tertiary/aromatic N) is 4. The van der Waals surface area contributed by atoms with Crippen molar-refractivity contribution < 1.29 is 28.5 Å². The highest BCUT2D eigenvalue weighted by Crippen LogP contribution is 2.39. The van der Waals surface area contributed by atoms with E-state index in [1.54, 1.807) is 12.1 Å². The molecule has 0 amide bonds. The average Bonchev–Trinajstić information content (AvgIpc) is 3.78. The molecule has 0 spiro atoms. The zero-order chi connectivity index (χ0) is 31.0. The molecule has 0 radical (unpaired) electrons. The van der Waals surface area contributed by atoms with Crippen LogP contribution in [0.1, 0.15) is 67.5 Å². The highest BCUT2D eigenvalue weighted by molar-refractivity contribution is 6.01. The third-order valence-electron chi connectivity index (χ3n) is 7.83. The molecule has 1 saturated carbocycles. The number of hydrogen-bond acceptors (Lipinski definition) is 10. The number of carbonyl (C=O) groups excluding carboxylic acids is 2. The number of ether oxygens (including phenoxy) is 4. The van der Waals surface area contributed by atoms with Gasteiger partial charge in [0.25, 0.3) is 0 Å². The molecule has 1 atom stereocenters. The topological polar surface area (TPSA) is 154 Å². The second-order valence-electron chi connectivity index (χ2n) is 10.7. The molecule has 45 heavy (non-hydrogen) atoms. The minimum atomic E-state index is -0.764. The van der Waals surface area contributed by atoms with E-state index in [4.69, 9.17) is 18.9 Å². The summed E-state index contributed by atoms with van der Waals surface area (Å²) in [4.78, 5) is 33.2. The van der Waals surface area contributed by atoms with Gasteiger partial charge in [0.2, 0.25) is 0 Å². The van der Waals surface area contributed by atoms with E-state index in [2.05, 4.69) is 30.6 Å². The largest absolute Gasteiger partial charge is 0.508 e. The predicted octanol–water partition coefficient (Wildman–Crippen LogP) is 6.58. The predicted molar refractivity (Wildman–Crippen MR) is 164 cm³/mol. The molecular formula is C33H34N6O6. The van der Waals surface area contributed by atoms with Gasteiger partial charge in [-0.05, 0) is 72.4 Å². The number of nitrogens with one attached hydrogen (secondary N) is 2. The maximum atomic E-state index is 13.5. The highest BCUT2D eigenvalue weighted by Gasteiger charge is 2.24. The number of hydrogen-bond donors (Lipinski definition) is 2. The van der Waals surface area contributed by atoms with Gasteiger partial charge in [0.05, 0.1) is 36.1 Å². The summed E-state index contributed by atoms with van der Waals surface area (Å²) < 4.78 is 23.1. The monoisotopic (exact) mass is 610 g/mol. The number of rotatable bonds is 11. The maximum Gasteiger partial charge on any atom is 0.508 e. The van der Waals surface area contributed by atoms with Crippen LogP contribution in [-0.4, -0.2) is 62.0 Å². The molecule has 2 N–H and O–H groups in total. The highest BCUT2D eigenvalue weighted by atomic mass is 16.7. The van der Waals surface area contributed by atoms with Crippen molar-refractivity contribution in [2.24, 2.45) is 0 Å². The van der Waals surface area contributed by atoms with Crippen molar-refractivity contribution >= 4 is 23.2 Å². The summed E-state index contributed by atoms with van der Waals surface area (Å²) in [6, 6.07) is 18.6. The molecule has 0 saturated heterocycles. The summed E-state index contributed by atoms with van der Waals surface area (Å²) >= 11 is 0. The average molecular weight is 611 g/mol. The summed E-state index contributed by atoms with van der Waals surface area (Å²) in [5.41, 5.74) is 4.73. The fourth-order valence-electron chi connectivity index (χ4n) is 5.66. The number of fused-ring (bicyclic) bond motifs is 1. The van der Waals surface area contributed by atoms with Crippen molar-refractivity contribution in [2.45, 2.75) is 57.7 Å². The van der Waals surface area contributed by atoms with E-state index in [0.717, 1.165) is 48.8 Å². The Bertz CT molecular complexity index is 1750. The molecule has 3 aromatic carbocycles. The number of tetrazole rings is 1. The summed E-state index contributed by atoms with van der Waals surface area (Å²) in [6.07, 6.45) is 5.06. The number of imidazole rings is 1. The Morgan fingerprint density at radius 3 is 2.62 bits per heavy atom. The number of H-pyrrole nitrogens is 2. The van der Waals surface area contributed by atoms with Crippen LogP contribution in [0.4, 0.5) is 4.79 Å². The Balaban J connectivity index is 1.27. The smallest absolute Gasteiger partial charge is 0.493 e. The van der Waals surface area contributed by atoms with E-state index in [0.29, 0.717) is 40.3 Å². The van der Waals surface area contributed by atoms with Crippen LogP contribution >= 0.6 is 0 Å². The van der Waals surface area contributed by atoms with Crippen molar-refractivity contribution in [1.29, 1.82) is 0 Å². The van der Waals surface area contributed by atoms with Crippen molar-refractivity contribution in [2.75, 3.05) is 13.2 Å². The van der Waals surface area contributed by atoms with E-state index in [9.17, 15) is 9.59 Å². The lowest BCUT2D eigenvalue weighted by Crippen LogP contribution is -2.22. The van der Waals surface area contributed by atoms with Gasteiger partial charge in [-0.3, -0.25) is 0 Å². The lowest BCUT2D eigenvalue weighted by Gasteiger charge is -2.22. The van der Waals surface area contributed by atoms with Gasteiger partial charge >= 0.3 is 12.1 Å². The van der Waals surface area contributed by atoms with Gasteiger partial charge in [-0.2, -0.15) is 0 Å².